The predicted octanol–water partition coefficient (Wildman–Crippen LogP) is 1.39. The molecule has 0 unspecified atom stereocenters. The quantitative estimate of drug-likeness (QED) is 0.845. The van der Waals surface area contributed by atoms with E-state index in [0.29, 0.717) is 19.8 Å². The number of ether oxygens (including phenoxy) is 1. The van der Waals surface area contributed by atoms with Gasteiger partial charge in [0, 0.05) is 37.4 Å². The number of rotatable bonds is 5. The number of aliphatic hydroxyl groups excluding tert-OH is 1. The fourth-order valence-electron chi connectivity index (χ4n) is 2.79. The summed E-state index contributed by atoms with van der Waals surface area (Å²) in [6.45, 7) is 6.84. The van der Waals surface area contributed by atoms with Crippen molar-refractivity contribution in [3.05, 3.63) is 17.5 Å². The van der Waals surface area contributed by atoms with Crippen molar-refractivity contribution in [1.82, 2.24) is 9.78 Å². The molecule has 1 aromatic rings. The Hall–Kier alpha value is -0.910. The maximum absolute atomic E-state index is 10.7. The Labute approximate surface area is 114 Å². The van der Waals surface area contributed by atoms with Gasteiger partial charge in [0.1, 0.15) is 6.10 Å². The van der Waals surface area contributed by atoms with Gasteiger partial charge in [0.05, 0.1) is 5.69 Å². The van der Waals surface area contributed by atoms with Gasteiger partial charge in [-0.1, -0.05) is 6.92 Å². The minimum atomic E-state index is -0.599. The topological polar surface area (TPSA) is 73.3 Å². The molecule has 0 aliphatic carbocycles. The van der Waals surface area contributed by atoms with Gasteiger partial charge >= 0.3 is 0 Å². The third-order valence-corrected chi connectivity index (χ3v) is 4.19. The number of hydrogen-bond donors (Lipinski definition) is 2. The highest BCUT2D eigenvalue weighted by molar-refractivity contribution is 5.15. The lowest BCUT2D eigenvalue weighted by molar-refractivity contribution is -0.0599. The van der Waals surface area contributed by atoms with Crippen LogP contribution in [0.25, 0.3) is 0 Å². The highest BCUT2D eigenvalue weighted by atomic mass is 16.5. The van der Waals surface area contributed by atoms with Gasteiger partial charge < -0.3 is 15.6 Å². The van der Waals surface area contributed by atoms with Gasteiger partial charge in [-0.3, -0.25) is 4.68 Å². The molecule has 0 spiro atoms. The van der Waals surface area contributed by atoms with E-state index in [-0.39, 0.29) is 5.41 Å². The predicted molar refractivity (Wildman–Crippen MR) is 73.8 cm³/mol. The lowest BCUT2D eigenvalue weighted by atomic mass is 9.74. The smallest absolute Gasteiger partial charge is 0.105 e. The second-order valence-corrected chi connectivity index (χ2v) is 5.52. The van der Waals surface area contributed by atoms with Crippen molar-refractivity contribution in [3.8, 4) is 0 Å². The van der Waals surface area contributed by atoms with Crippen molar-refractivity contribution in [1.29, 1.82) is 0 Å². The average Bonchev–Trinajstić information content (AvgIpc) is 2.80. The SMILES string of the molecule is CCCn1nc([C@H](O)C2(CN)CCOCC2)cc1C. The lowest BCUT2D eigenvalue weighted by Gasteiger charge is -2.39. The molecule has 1 aliphatic heterocycles. The van der Waals surface area contributed by atoms with E-state index in [1.807, 2.05) is 17.7 Å². The molecule has 0 bridgehead atoms. The number of hydrogen-bond acceptors (Lipinski definition) is 4. The molecule has 1 saturated heterocycles. The van der Waals surface area contributed by atoms with Gasteiger partial charge in [-0.25, -0.2) is 0 Å². The normalized spacial score (nSPS) is 20.4. The molecule has 0 amide bonds. The van der Waals surface area contributed by atoms with Crippen molar-refractivity contribution in [2.24, 2.45) is 11.1 Å². The lowest BCUT2D eigenvalue weighted by Crippen LogP contribution is -2.41. The molecule has 3 N–H and O–H groups in total. The Morgan fingerprint density at radius 3 is 2.79 bits per heavy atom. The molecule has 1 aliphatic rings. The van der Waals surface area contributed by atoms with E-state index in [1.54, 1.807) is 0 Å². The molecule has 5 nitrogen and oxygen atoms in total. The summed E-state index contributed by atoms with van der Waals surface area (Å²) in [6, 6.07) is 1.98. The third kappa shape index (κ3) is 2.83. The summed E-state index contributed by atoms with van der Waals surface area (Å²) in [5.74, 6) is 0. The van der Waals surface area contributed by atoms with Crippen molar-refractivity contribution in [2.75, 3.05) is 19.8 Å². The molecule has 1 atom stereocenters. The molecule has 1 aromatic heterocycles. The molecule has 5 heteroatoms. The molecule has 19 heavy (non-hydrogen) atoms. The minimum Gasteiger partial charge on any atom is -0.386 e. The third-order valence-electron chi connectivity index (χ3n) is 4.19. The van der Waals surface area contributed by atoms with Crippen LogP contribution in [0.2, 0.25) is 0 Å². The highest BCUT2D eigenvalue weighted by Gasteiger charge is 2.40. The van der Waals surface area contributed by atoms with Gasteiger partial charge in [-0.15, -0.1) is 0 Å². The Morgan fingerprint density at radius 1 is 1.53 bits per heavy atom. The van der Waals surface area contributed by atoms with Crippen LogP contribution < -0.4 is 5.73 Å². The van der Waals surface area contributed by atoms with Gasteiger partial charge in [-0.2, -0.15) is 5.10 Å². The number of aliphatic hydroxyl groups is 1. The molecular formula is C14H25N3O2. The van der Waals surface area contributed by atoms with E-state index in [2.05, 4.69) is 12.0 Å². The van der Waals surface area contributed by atoms with Crippen LogP contribution >= 0.6 is 0 Å². The molecule has 2 rings (SSSR count). The summed E-state index contributed by atoms with van der Waals surface area (Å²) in [5.41, 5.74) is 7.49. The van der Waals surface area contributed by atoms with Crippen LogP contribution in [-0.4, -0.2) is 34.6 Å². The second kappa shape index (κ2) is 6.03. The highest BCUT2D eigenvalue weighted by Crippen LogP contribution is 2.41. The number of nitrogens with two attached hydrogens (primary N) is 1. The summed E-state index contributed by atoms with van der Waals surface area (Å²) in [7, 11) is 0. The Kier molecular flexibility index (Phi) is 4.60. The van der Waals surface area contributed by atoms with Crippen LogP contribution in [0.4, 0.5) is 0 Å². The van der Waals surface area contributed by atoms with E-state index in [4.69, 9.17) is 10.5 Å². The number of nitrogens with zero attached hydrogens (tertiary/aromatic N) is 2. The summed E-state index contributed by atoms with van der Waals surface area (Å²) in [4.78, 5) is 0. The Balaban J connectivity index is 2.21. The van der Waals surface area contributed by atoms with Gasteiger partial charge in [-0.05, 0) is 32.3 Å². The zero-order valence-corrected chi connectivity index (χ0v) is 11.9. The maximum atomic E-state index is 10.7. The monoisotopic (exact) mass is 267 g/mol. The summed E-state index contributed by atoms with van der Waals surface area (Å²) in [6.07, 6.45) is 2.03. The number of aromatic nitrogens is 2. The van der Waals surface area contributed by atoms with E-state index in [1.165, 1.54) is 0 Å². The van der Waals surface area contributed by atoms with Gasteiger partial charge in [0.2, 0.25) is 0 Å². The second-order valence-electron chi connectivity index (χ2n) is 5.52. The fourth-order valence-corrected chi connectivity index (χ4v) is 2.79. The van der Waals surface area contributed by atoms with Crippen LogP contribution in [-0.2, 0) is 11.3 Å². The van der Waals surface area contributed by atoms with Crippen LogP contribution in [0, 0.1) is 12.3 Å². The van der Waals surface area contributed by atoms with Crippen molar-refractivity contribution in [3.63, 3.8) is 0 Å². The molecule has 108 valence electrons. The van der Waals surface area contributed by atoms with Crippen LogP contribution in [0.5, 0.6) is 0 Å². The average molecular weight is 267 g/mol. The first-order valence-electron chi connectivity index (χ1n) is 7.13. The molecule has 1 fully saturated rings. The first-order chi connectivity index (χ1) is 9.13. The summed E-state index contributed by atoms with van der Waals surface area (Å²) in [5, 5.41) is 15.2. The molecular weight excluding hydrogens is 242 g/mol. The van der Waals surface area contributed by atoms with Crippen LogP contribution in [0.1, 0.15) is 43.7 Å². The minimum absolute atomic E-state index is 0.282. The Morgan fingerprint density at radius 2 is 2.21 bits per heavy atom. The van der Waals surface area contributed by atoms with E-state index < -0.39 is 6.10 Å². The van der Waals surface area contributed by atoms with Gasteiger partial charge in [0.25, 0.3) is 0 Å². The van der Waals surface area contributed by atoms with Crippen molar-refractivity contribution < 1.29 is 9.84 Å². The number of aryl methyl sites for hydroxylation is 2. The molecule has 0 radical (unpaired) electrons. The maximum Gasteiger partial charge on any atom is 0.105 e. The first-order valence-corrected chi connectivity index (χ1v) is 7.13. The molecule has 0 aromatic carbocycles. The zero-order chi connectivity index (χ0) is 13.9. The fraction of sp³-hybridized carbons (Fsp3) is 0.786. The first kappa shape index (κ1) is 14.5. The van der Waals surface area contributed by atoms with E-state index in [0.717, 1.165) is 37.2 Å². The molecule has 0 saturated carbocycles. The zero-order valence-electron chi connectivity index (χ0n) is 11.9. The van der Waals surface area contributed by atoms with Crippen molar-refractivity contribution >= 4 is 0 Å². The molecule has 2 heterocycles. The van der Waals surface area contributed by atoms with Crippen molar-refractivity contribution in [2.45, 2.75) is 45.8 Å². The van der Waals surface area contributed by atoms with Crippen LogP contribution in [0.15, 0.2) is 6.07 Å². The van der Waals surface area contributed by atoms with Crippen LogP contribution in [0.3, 0.4) is 0 Å². The van der Waals surface area contributed by atoms with E-state index >= 15 is 0 Å². The van der Waals surface area contributed by atoms with E-state index in [9.17, 15) is 5.11 Å². The largest absolute Gasteiger partial charge is 0.386 e. The standard InChI is InChI=1S/C14H25N3O2/c1-3-6-17-11(2)9-12(16-17)13(18)14(10-15)4-7-19-8-5-14/h9,13,18H,3-8,10,15H2,1-2H3/t13-/m0/s1. The van der Waals surface area contributed by atoms with Gasteiger partial charge in [0.15, 0.2) is 0 Å². The summed E-state index contributed by atoms with van der Waals surface area (Å²) < 4.78 is 7.35. The summed E-state index contributed by atoms with van der Waals surface area (Å²) >= 11 is 0. The Bertz CT molecular complexity index is 411.